The van der Waals surface area contributed by atoms with E-state index in [1.165, 1.54) is 0 Å². The first-order chi connectivity index (χ1) is 16.5. The summed E-state index contributed by atoms with van der Waals surface area (Å²) >= 11 is 0. The normalized spacial score (nSPS) is 61.1. The maximum atomic E-state index is 12.6. The highest BCUT2D eigenvalue weighted by Gasteiger charge is 2.93. The largest absolute Gasteiger partial charge is 0.390 e. The lowest BCUT2D eigenvalue weighted by Crippen LogP contribution is -2.81. The van der Waals surface area contributed by atoms with Gasteiger partial charge in [-0.1, -0.05) is 6.92 Å². The van der Waals surface area contributed by atoms with Crippen LogP contribution in [0.2, 0.25) is 0 Å². The molecule has 0 aromatic carbocycles. The fourth-order valence-corrected chi connectivity index (χ4v) is 11.7. The Morgan fingerprint density at radius 1 is 1.09 bits per heavy atom. The van der Waals surface area contributed by atoms with E-state index in [1.807, 2.05) is 21.3 Å². The van der Waals surface area contributed by atoms with Crippen molar-refractivity contribution in [2.75, 3.05) is 54.9 Å². The Hall–Kier alpha value is -0.320. The molecule has 7 rings (SSSR count). The van der Waals surface area contributed by atoms with Gasteiger partial charge in [-0.2, -0.15) is 0 Å². The number of fused-ring (bicyclic) bond motifs is 1. The second kappa shape index (κ2) is 7.16. The van der Waals surface area contributed by atoms with Crippen LogP contribution < -0.4 is 0 Å². The van der Waals surface area contributed by atoms with E-state index in [9.17, 15) is 5.11 Å². The summed E-state index contributed by atoms with van der Waals surface area (Å²) in [5.41, 5.74) is -1.83. The summed E-state index contributed by atoms with van der Waals surface area (Å²) in [6.45, 7) is 4.93. The van der Waals surface area contributed by atoms with E-state index in [4.69, 9.17) is 28.4 Å². The van der Waals surface area contributed by atoms with E-state index in [1.54, 1.807) is 7.11 Å². The van der Waals surface area contributed by atoms with Crippen molar-refractivity contribution < 1.29 is 33.5 Å². The molecule has 8 heteroatoms. The predicted molar refractivity (Wildman–Crippen MR) is 121 cm³/mol. The number of hydrogen-bond donors (Lipinski definition) is 1. The van der Waals surface area contributed by atoms with Crippen LogP contribution in [0, 0.1) is 34.5 Å². The Labute approximate surface area is 202 Å². The summed E-state index contributed by atoms with van der Waals surface area (Å²) in [5, 5.41) is 12.6. The van der Waals surface area contributed by atoms with E-state index in [0.29, 0.717) is 18.4 Å². The van der Waals surface area contributed by atoms with Crippen LogP contribution in [0.4, 0.5) is 0 Å². The maximum absolute atomic E-state index is 12.6. The molecule has 7 aliphatic rings. The first-order valence-electron chi connectivity index (χ1n) is 13.2. The number of piperidine rings is 1. The third-order valence-corrected chi connectivity index (χ3v) is 12.0. The van der Waals surface area contributed by atoms with Gasteiger partial charge in [0, 0.05) is 70.0 Å². The molecule has 2 saturated heterocycles. The Balaban J connectivity index is 1.55. The summed E-state index contributed by atoms with van der Waals surface area (Å²) < 4.78 is 38.3. The van der Waals surface area contributed by atoms with E-state index in [-0.39, 0.29) is 53.8 Å². The molecule has 1 N–H and O–H groups in total. The van der Waals surface area contributed by atoms with Crippen LogP contribution in [0.5, 0.6) is 0 Å². The number of ether oxygens (including phenoxy) is 6. The Morgan fingerprint density at radius 3 is 2.59 bits per heavy atom. The Bertz CT molecular complexity index is 859. The molecule has 5 saturated carbocycles. The molecule has 2 heterocycles. The summed E-state index contributed by atoms with van der Waals surface area (Å²) in [4.78, 5) is 2.61. The Kier molecular flexibility index (Phi) is 4.81. The number of nitrogens with zero attached hydrogens (tertiary/aromatic N) is 1. The van der Waals surface area contributed by atoms with Gasteiger partial charge in [-0.3, -0.25) is 4.90 Å². The molecular weight excluding hydrogens is 438 g/mol. The van der Waals surface area contributed by atoms with Crippen LogP contribution in [-0.2, 0) is 28.4 Å². The standard InChI is InChI=1S/C26H41NO7/c1-6-27-11-23(12-29-2)8-7-17(31-4)25-15-9-14-16(30-3)10-24(18(15)19(14)32-5)26(22(25)27,34-13-33-24)21(28)20(23)25/h14-22,28H,6-13H2,1-5H3/t14-,15-,16+,17+,18-,19+,20-,21+,22-,23+,24-,25+,26+/m1/s1. The quantitative estimate of drug-likeness (QED) is 0.611. The predicted octanol–water partition coefficient (Wildman–Crippen LogP) is 1.29. The van der Waals surface area contributed by atoms with Crippen molar-refractivity contribution in [3.05, 3.63) is 0 Å². The molecule has 34 heavy (non-hydrogen) atoms. The SMILES string of the molecule is CCN1C[C@]2(COC)CC[C@H](OC)[C@]34[C@@H]5C[C@H]6[C@H](OC)[C@@H]5[C@@]5(C[C@@H]6OC)OCO[C@]5([C@H]13)[C@@H](O)[C@H]24. The minimum atomic E-state index is -0.825. The molecule has 0 aromatic heterocycles. The van der Waals surface area contributed by atoms with Crippen LogP contribution in [0.1, 0.15) is 32.6 Å². The minimum absolute atomic E-state index is 0.0240. The molecule has 5 aliphatic carbocycles. The maximum Gasteiger partial charge on any atom is 0.148 e. The highest BCUT2D eigenvalue weighted by molar-refractivity contribution is 5.42. The number of aliphatic hydroxyl groups excluding tert-OH is 1. The lowest BCUT2D eigenvalue weighted by molar-refractivity contribution is -0.287. The lowest BCUT2D eigenvalue weighted by atomic mass is 9.42. The zero-order chi connectivity index (χ0) is 23.7. The number of aliphatic hydroxyl groups is 1. The van der Waals surface area contributed by atoms with Gasteiger partial charge in [-0.05, 0) is 31.7 Å². The van der Waals surface area contributed by atoms with E-state index in [2.05, 4.69) is 11.8 Å². The lowest BCUT2D eigenvalue weighted by Gasteiger charge is -2.70. The highest BCUT2D eigenvalue weighted by atomic mass is 16.7. The van der Waals surface area contributed by atoms with Gasteiger partial charge in [0.15, 0.2) is 0 Å². The van der Waals surface area contributed by atoms with Crippen molar-refractivity contribution in [3.8, 4) is 0 Å². The van der Waals surface area contributed by atoms with Crippen molar-refractivity contribution in [1.29, 1.82) is 0 Å². The second-order valence-corrected chi connectivity index (χ2v) is 12.2. The van der Waals surface area contributed by atoms with E-state index in [0.717, 1.165) is 38.8 Å². The smallest absolute Gasteiger partial charge is 0.148 e. The number of likely N-dealkylation sites (tertiary alicyclic amines) is 1. The molecule has 0 amide bonds. The molecule has 3 spiro atoms. The van der Waals surface area contributed by atoms with Crippen LogP contribution in [-0.4, -0.2) is 107 Å². The first kappa shape index (κ1) is 22.8. The van der Waals surface area contributed by atoms with Gasteiger partial charge in [0.2, 0.25) is 0 Å². The zero-order valence-corrected chi connectivity index (χ0v) is 21.2. The number of likely N-dealkylation sites (N-methyl/N-ethyl adjacent to an activating group) is 1. The molecule has 192 valence electrons. The molecule has 0 radical (unpaired) electrons. The molecule has 2 aliphatic heterocycles. The van der Waals surface area contributed by atoms with Gasteiger partial charge in [0.05, 0.1) is 37.1 Å². The molecule has 13 atom stereocenters. The number of hydrogen-bond acceptors (Lipinski definition) is 8. The fraction of sp³-hybridized carbons (Fsp3) is 1.00. The second-order valence-electron chi connectivity index (χ2n) is 12.2. The third kappa shape index (κ3) is 2.05. The van der Waals surface area contributed by atoms with Crippen molar-refractivity contribution in [2.24, 2.45) is 34.5 Å². The first-order valence-corrected chi connectivity index (χ1v) is 13.2. The average molecular weight is 480 g/mol. The topological polar surface area (TPSA) is 78.9 Å². The van der Waals surface area contributed by atoms with E-state index < -0.39 is 17.3 Å². The van der Waals surface area contributed by atoms with Crippen LogP contribution in [0.15, 0.2) is 0 Å². The van der Waals surface area contributed by atoms with Crippen molar-refractivity contribution in [2.45, 2.75) is 74.3 Å². The van der Waals surface area contributed by atoms with Gasteiger partial charge in [-0.15, -0.1) is 0 Å². The fourth-order valence-electron chi connectivity index (χ4n) is 11.7. The average Bonchev–Trinajstić information content (AvgIpc) is 3.42. The minimum Gasteiger partial charge on any atom is -0.390 e. The van der Waals surface area contributed by atoms with Crippen LogP contribution in [0.25, 0.3) is 0 Å². The number of rotatable bonds is 6. The van der Waals surface area contributed by atoms with Gasteiger partial charge in [0.1, 0.15) is 18.0 Å². The molecule has 7 bridgehead atoms. The third-order valence-electron chi connectivity index (χ3n) is 12.0. The van der Waals surface area contributed by atoms with Crippen LogP contribution in [0.3, 0.4) is 0 Å². The summed E-state index contributed by atoms with van der Waals surface area (Å²) in [7, 11) is 7.32. The molecule has 8 nitrogen and oxygen atoms in total. The monoisotopic (exact) mass is 479 g/mol. The highest BCUT2D eigenvalue weighted by Crippen LogP contribution is 2.82. The van der Waals surface area contributed by atoms with Crippen molar-refractivity contribution in [3.63, 3.8) is 0 Å². The molecule has 0 unspecified atom stereocenters. The summed E-state index contributed by atoms with van der Waals surface area (Å²) in [6, 6.07) is 0.0378. The van der Waals surface area contributed by atoms with Crippen LogP contribution >= 0.6 is 0 Å². The van der Waals surface area contributed by atoms with Crippen molar-refractivity contribution >= 4 is 0 Å². The van der Waals surface area contributed by atoms with Gasteiger partial charge in [0.25, 0.3) is 0 Å². The summed E-state index contributed by atoms with van der Waals surface area (Å²) in [5.74, 6) is 0.813. The van der Waals surface area contributed by atoms with Gasteiger partial charge < -0.3 is 33.5 Å². The molecule has 0 aromatic rings. The number of methoxy groups -OCH3 is 4. The van der Waals surface area contributed by atoms with Gasteiger partial charge >= 0.3 is 0 Å². The molecule has 7 fully saturated rings. The van der Waals surface area contributed by atoms with Gasteiger partial charge in [-0.25, -0.2) is 0 Å². The molecular formula is C26H41NO7. The summed E-state index contributed by atoms with van der Waals surface area (Å²) in [6.07, 6.45) is 3.20. The van der Waals surface area contributed by atoms with E-state index >= 15 is 0 Å². The zero-order valence-electron chi connectivity index (χ0n) is 21.2. The Morgan fingerprint density at radius 2 is 1.91 bits per heavy atom. The van der Waals surface area contributed by atoms with Crippen molar-refractivity contribution in [1.82, 2.24) is 4.90 Å².